The maximum atomic E-state index is 10.2. The van der Waals surface area contributed by atoms with Crippen molar-refractivity contribution in [3.8, 4) is 0 Å². The Bertz CT molecular complexity index is 201. The Morgan fingerprint density at radius 1 is 1.73 bits per heavy atom. The highest BCUT2D eigenvalue weighted by Gasteiger charge is 2.10. The maximum Gasteiger partial charge on any atom is 0.120 e. The zero-order chi connectivity index (χ0) is 8.10. The predicted molar refractivity (Wildman–Crippen MR) is 42.4 cm³/mol. The molecular weight excluding hydrogens is 140 g/mol. The van der Waals surface area contributed by atoms with Crippen molar-refractivity contribution < 1.29 is 9.21 Å². The van der Waals surface area contributed by atoms with Crippen molar-refractivity contribution in [3.63, 3.8) is 0 Å². The molecule has 0 spiro atoms. The van der Waals surface area contributed by atoms with Gasteiger partial charge in [0.25, 0.3) is 0 Å². The molecule has 0 saturated heterocycles. The van der Waals surface area contributed by atoms with Crippen molar-refractivity contribution in [1.29, 1.82) is 0 Å². The van der Waals surface area contributed by atoms with Gasteiger partial charge >= 0.3 is 0 Å². The van der Waals surface area contributed by atoms with E-state index in [1.165, 1.54) is 0 Å². The Morgan fingerprint density at radius 2 is 2.55 bits per heavy atom. The lowest BCUT2D eigenvalue weighted by molar-refractivity contribution is -0.108. The minimum Gasteiger partial charge on any atom is -0.469 e. The highest BCUT2D eigenvalue weighted by atomic mass is 16.3. The summed E-state index contributed by atoms with van der Waals surface area (Å²) in [5, 5.41) is 0. The van der Waals surface area contributed by atoms with Crippen LogP contribution in [0.2, 0.25) is 0 Å². The van der Waals surface area contributed by atoms with E-state index in [4.69, 9.17) is 4.42 Å². The quantitative estimate of drug-likeness (QED) is 0.620. The summed E-state index contributed by atoms with van der Waals surface area (Å²) in [5.74, 6) is 1.18. The fourth-order valence-corrected chi connectivity index (χ4v) is 1.12. The summed E-state index contributed by atoms with van der Waals surface area (Å²) < 4.78 is 5.18. The molecule has 0 radical (unpaired) electrons. The SMILES string of the molecule is CCC(CC=O)c1ccco1. The fraction of sp³-hybridized carbons (Fsp3) is 0.444. The molecule has 0 aliphatic carbocycles. The van der Waals surface area contributed by atoms with Gasteiger partial charge < -0.3 is 9.21 Å². The number of aldehydes is 1. The number of furan rings is 1. The van der Waals surface area contributed by atoms with Gasteiger partial charge in [-0.05, 0) is 18.6 Å². The smallest absolute Gasteiger partial charge is 0.120 e. The van der Waals surface area contributed by atoms with E-state index in [1.807, 2.05) is 12.1 Å². The number of carbonyl (C=O) groups excluding carboxylic acids is 1. The first-order valence-corrected chi connectivity index (χ1v) is 3.85. The van der Waals surface area contributed by atoms with Crippen LogP contribution >= 0.6 is 0 Å². The first-order chi connectivity index (χ1) is 5.38. The summed E-state index contributed by atoms with van der Waals surface area (Å²) in [4.78, 5) is 10.2. The largest absolute Gasteiger partial charge is 0.469 e. The molecule has 11 heavy (non-hydrogen) atoms. The average molecular weight is 152 g/mol. The highest BCUT2D eigenvalue weighted by Crippen LogP contribution is 2.21. The molecule has 1 heterocycles. The van der Waals surface area contributed by atoms with Crippen molar-refractivity contribution in [2.24, 2.45) is 0 Å². The standard InChI is InChI=1S/C9H12O2/c1-2-8(5-6-10)9-4-3-7-11-9/h3-4,6-8H,2,5H2,1H3. The molecule has 0 N–H and O–H groups in total. The molecular formula is C9H12O2. The van der Waals surface area contributed by atoms with E-state index in [0.717, 1.165) is 18.5 Å². The predicted octanol–water partition coefficient (Wildman–Crippen LogP) is 2.36. The molecule has 0 bridgehead atoms. The van der Waals surface area contributed by atoms with E-state index < -0.39 is 0 Å². The van der Waals surface area contributed by atoms with E-state index in [0.29, 0.717) is 6.42 Å². The summed E-state index contributed by atoms with van der Waals surface area (Å²) in [6, 6.07) is 3.76. The van der Waals surface area contributed by atoms with Gasteiger partial charge in [-0.2, -0.15) is 0 Å². The van der Waals surface area contributed by atoms with Crippen LogP contribution in [0.15, 0.2) is 22.8 Å². The molecule has 0 amide bonds. The fourth-order valence-electron chi connectivity index (χ4n) is 1.12. The van der Waals surface area contributed by atoms with Crippen molar-refractivity contribution in [3.05, 3.63) is 24.2 Å². The lowest BCUT2D eigenvalue weighted by Gasteiger charge is -2.06. The van der Waals surface area contributed by atoms with E-state index in [-0.39, 0.29) is 5.92 Å². The second-order valence-electron chi connectivity index (χ2n) is 2.52. The topological polar surface area (TPSA) is 30.2 Å². The number of carbonyl (C=O) groups is 1. The molecule has 2 nitrogen and oxygen atoms in total. The molecule has 1 unspecified atom stereocenters. The van der Waals surface area contributed by atoms with Crippen LogP contribution in [0.25, 0.3) is 0 Å². The first-order valence-electron chi connectivity index (χ1n) is 3.85. The van der Waals surface area contributed by atoms with Gasteiger partial charge in [0.05, 0.1) is 6.26 Å². The summed E-state index contributed by atoms with van der Waals surface area (Å²) >= 11 is 0. The molecule has 0 aliphatic rings. The molecule has 2 heteroatoms. The van der Waals surface area contributed by atoms with Crippen molar-refractivity contribution >= 4 is 6.29 Å². The number of hydrogen-bond acceptors (Lipinski definition) is 2. The number of hydrogen-bond donors (Lipinski definition) is 0. The van der Waals surface area contributed by atoms with Crippen LogP contribution in [0.1, 0.15) is 31.4 Å². The molecule has 1 aromatic heterocycles. The third-order valence-corrected chi connectivity index (χ3v) is 1.82. The van der Waals surface area contributed by atoms with Crippen LogP contribution in [0.3, 0.4) is 0 Å². The molecule has 0 aliphatic heterocycles. The van der Waals surface area contributed by atoms with Gasteiger partial charge in [0, 0.05) is 12.3 Å². The molecule has 0 aromatic carbocycles. The zero-order valence-corrected chi connectivity index (χ0v) is 6.62. The first kappa shape index (κ1) is 8.05. The van der Waals surface area contributed by atoms with Gasteiger partial charge in [0.15, 0.2) is 0 Å². The van der Waals surface area contributed by atoms with Crippen LogP contribution in [-0.4, -0.2) is 6.29 Å². The van der Waals surface area contributed by atoms with Crippen molar-refractivity contribution in [2.45, 2.75) is 25.7 Å². The molecule has 1 aromatic rings. The number of rotatable bonds is 4. The zero-order valence-electron chi connectivity index (χ0n) is 6.62. The monoisotopic (exact) mass is 152 g/mol. The molecule has 60 valence electrons. The van der Waals surface area contributed by atoms with Gasteiger partial charge in [-0.25, -0.2) is 0 Å². The maximum absolute atomic E-state index is 10.2. The van der Waals surface area contributed by atoms with E-state index in [1.54, 1.807) is 6.26 Å². The Kier molecular flexibility index (Phi) is 2.90. The van der Waals surface area contributed by atoms with Gasteiger partial charge in [0.1, 0.15) is 12.0 Å². The Hall–Kier alpha value is -1.05. The Labute approximate surface area is 66.2 Å². The van der Waals surface area contributed by atoms with Crippen LogP contribution < -0.4 is 0 Å². The molecule has 0 saturated carbocycles. The summed E-state index contributed by atoms with van der Waals surface area (Å²) in [6.45, 7) is 2.05. The normalized spacial score (nSPS) is 12.8. The minimum atomic E-state index is 0.266. The third kappa shape index (κ3) is 1.93. The third-order valence-electron chi connectivity index (χ3n) is 1.82. The van der Waals surface area contributed by atoms with Crippen LogP contribution in [0.5, 0.6) is 0 Å². The Morgan fingerprint density at radius 3 is 3.00 bits per heavy atom. The molecule has 1 atom stereocenters. The summed E-state index contributed by atoms with van der Waals surface area (Å²) in [6.07, 6.45) is 4.09. The van der Waals surface area contributed by atoms with E-state index >= 15 is 0 Å². The highest BCUT2D eigenvalue weighted by molar-refractivity contribution is 5.51. The summed E-state index contributed by atoms with van der Waals surface area (Å²) in [7, 11) is 0. The van der Waals surface area contributed by atoms with Gasteiger partial charge in [-0.1, -0.05) is 6.92 Å². The molecule has 0 fully saturated rings. The van der Waals surface area contributed by atoms with Crippen LogP contribution in [0.4, 0.5) is 0 Å². The summed E-state index contributed by atoms with van der Waals surface area (Å²) in [5.41, 5.74) is 0. The Balaban J connectivity index is 2.62. The van der Waals surface area contributed by atoms with Crippen LogP contribution in [-0.2, 0) is 4.79 Å². The lowest BCUT2D eigenvalue weighted by atomic mass is 10.0. The second-order valence-corrected chi connectivity index (χ2v) is 2.52. The van der Waals surface area contributed by atoms with Gasteiger partial charge in [-0.15, -0.1) is 0 Å². The van der Waals surface area contributed by atoms with Gasteiger partial charge in [-0.3, -0.25) is 0 Å². The second kappa shape index (κ2) is 3.96. The van der Waals surface area contributed by atoms with E-state index in [9.17, 15) is 4.79 Å². The van der Waals surface area contributed by atoms with E-state index in [2.05, 4.69) is 6.92 Å². The average Bonchev–Trinajstić information content (AvgIpc) is 2.52. The van der Waals surface area contributed by atoms with Crippen molar-refractivity contribution in [2.75, 3.05) is 0 Å². The minimum absolute atomic E-state index is 0.266. The lowest BCUT2D eigenvalue weighted by Crippen LogP contribution is -1.95. The van der Waals surface area contributed by atoms with Crippen molar-refractivity contribution in [1.82, 2.24) is 0 Å². The molecule has 1 rings (SSSR count). The van der Waals surface area contributed by atoms with Crippen LogP contribution in [0, 0.1) is 0 Å². The van der Waals surface area contributed by atoms with Gasteiger partial charge in [0.2, 0.25) is 0 Å².